The van der Waals surface area contributed by atoms with Crippen molar-refractivity contribution in [1.82, 2.24) is 41.5 Å². The second-order valence-corrected chi connectivity index (χ2v) is 15.4. The Balaban J connectivity index is 2.00. The highest BCUT2D eigenvalue weighted by atomic mass is 32.1. The van der Waals surface area contributed by atoms with E-state index in [2.05, 4.69) is 55.5 Å². The van der Waals surface area contributed by atoms with Gasteiger partial charge in [0.15, 0.2) is 0 Å². The van der Waals surface area contributed by atoms with Gasteiger partial charge in [0.1, 0.15) is 0 Å². The van der Waals surface area contributed by atoms with Gasteiger partial charge in [0.05, 0.1) is 16.7 Å². The van der Waals surface area contributed by atoms with E-state index in [1.807, 2.05) is 12.1 Å². The number of amides is 7. The van der Waals surface area contributed by atoms with Crippen molar-refractivity contribution >= 4 is 70.1 Å². The lowest BCUT2D eigenvalue weighted by molar-refractivity contribution is -0.166. The van der Waals surface area contributed by atoms with Gasteiger partial charge in [0, 0.05) is 103 Å². The standard InChI is InChI=1S/C43H70N10O11S/c1-34(49-37-17-15-36(16-18-37)48-33-65)44-25-7-3-12-30-51(62)41(58)22-20-39(56)46-27-9-5-14-32-53(64)43(60)24-21-40(57)47-28-10-6-13-31-52(63)42(59)23-19-38(55)45-26-8-4-11-29-50(61)35(2)54/h15-18,44,49,61-64H,1,3-14,19-32H2,2H3,(H,45,55)(H,46,56)(H,47,57). The number of carbonyl (C=O) groups is 7. The third kappa shape index (κ3) is 30.3. The molecule has 0 saturated heterocycles. The van der Waals surface area contributed by atoms with E-state index in [0.29, 0.717) is 122 Å². The van der Waals surface area contributed by atoms with Crippen LogP contribution in [0.25, 0.3) is 0 Å². The van der Waals surface area contributed by atoms with E-state index in [0.717, 1.165) is 18.5 Å². The molecule has 0 aliphatic carbocycles. The van der Waals surface area contributed by atoms with Crippen LogP contribution >= 0.6 is 12.2 Å². The third-order valence-corrected chi connectivity index (χ3v) is 9.85. The number of rotatable bonds is 37. The molecule has 0 bridgehead atoms. The summed E-state index contributed by atoms with van der Waals surface area (Å²) in [5.74, 6) is -2.51. The Morgan fingerprint density at radius 1 is 0.523 bits per heavy atom. The summed E-state index contributed by atoms with van der Waals surface area (Å²) < 4.78 is 0. The predicted molar refractivity (Wildman–Crippen MR) is 244 cm³/mol. The summed E-state index contributed by atoms with van der Waals surface area (Å²) in [7, 11) is 0. The molecule has 1 aromatic rings. The van der Waals surface area contributed by atoms with E-state index in [9.17, 15) is 54.4 Å². The molecule has 0 aliphatic heterocycles. The van der Waals surface area contributed by atoms with Crippen molar-refractivity contribution < 1.29 is 54.4 Å². The molecule has 1 rings (SSSR count). The fourth-order valence-electron chi connectivity index (χ4n) is 5.91. The summed E-state index contributed by atoms with van der Waals surface area (Å²) in [6.45, 7) is 7.44. The van der Waals surface area contributed by atoms with Gasteiger partial charge in [0.25, 0.3) is 0 Å². The van der Waals surface area contributed by atoms with Gasteiger partial charge >= 0.3 is 0 Å². The van der Waals surface area contributed by atoms with Crippen LogP contribution in [-0.4, -0.2) is 140 Å². The largest absolute Gasteiger partial charge is 0.372 e. The fraction of sp³-hybridized carbons (Fsp3) is 0.628. The smallest absolute Gasteiger partial charge is 0.246 e. The average molecular weight is 935 g/mol. The number of benzene rings is 1. The Bertz CT molecular complexity index is 1680. The van der Waals surface area contributed by atoms with E-state index < -0.39 is 23.6 Å². The third-order valence-electron chi connectivity index (χ3n) is 9.75. The number of hydrogen-bond donors (Lipinski definition) is 9. The van der Waals surface area contributed by atoms with Crippen LogP contribution in [0.4, 0.5) is 11.4 Å². The van der Waals surface area contributed by atoms with Crippen molar-refractivity contribution in [3.63, 3.8) is 0 Å². The molecule has 0 atom stereocenters. The molecule has 7 amide bonds. The van der Waals surface area contributed by atoms with Crippen LogP contribution in [0.2, 0.25) is 0 Å². The first kappa shape index (κ1) is 57.5. The van der Waals surface area contributed by atoms with Gasteiger partial charge in [-0.15, -0.1) is 0 Å². The maximum Gasteiger partial charge on any atom is 0.246 e. The van der Waals surface area contributed by atoms with Crippen molar-refractivity contribution in [3.8, 4) is 0 Å². The van der Waals surface area contributed by atoms with E-state index in [-0.39, 0.29) is 82.4 Å². The molecule has 0 saturated carbocycles. The summed E-state index contributed by atoms with van der Waals surface area (Å²) >= 11 is 4.60. The Kier molecular flexibility index (Phi) is 31.7. The fourth-order valence-corrected chi connectivity index (χ4v) is 6.02. The van der Waals surface area contributed by atoms with Gasteiger partial charge in [-0.3, -0.25) is 54.4 Å². The number of unbranched alkanes of at least 4 members (excludes halogenated alkanes) is 8. The molecular formula is C43H70N10O11S. The minimum absolute atomic E-state index is 0.0634. The highest BCUT2D eigenvalue weighted by Crippen LogP contribution is 2.16. The van der Waals surface area contributed by atoms with Gasteiger partial charge < -0.3 is 26.6 Å². The maximum atomic E-state index is 12.2. The number of hydroxylamine groups is 8. The lowest BCUT2D eigenvalue weighted by Gasteiger charge is -2.16. The van der Waals surface area contributed by atoms with Gasteiger partial charge in [-0.25, -0.2) is 20.3 Å². The highest BCUT2D eigenvalue weighted by Gasteiger charge is 2.16. The second-order valence-electron chi connectivity index (χ2n) is 15.3. The molecule has 0 aromatic heterocycles. The molecule has 0 unspecified atom stereocenters. The SMILES string of the molecule is C=C(NCCCCCN(O)C(=O)CCC(=O)NCCCCCN(O)C(=O)CCC(=O)NCCCCCN(O)C(=O)CCC(=O)NCCCCCN(O)C(C)=O)Nc1ccc(N=C=S)cc1. The first-order chi connectivity index (χ1) is 31.1. The molecule has 9 N–H and O–H groups in total. The van der Waals surface area contributed by atoms with Crippen LogP contribution in [0.5, 0.6) is 0 Å². The lowest BCUT2D eigenvalue weighted by atomic mass is 10.2. The minimum Gasteiger partial charge on any atom is -0.372 e. The molecular weight excluding hydrogens is 865 g/mol. The summed E-state index contributed by atoms with van der Waals surface area (Å²) in [6.07, 6.45) is 6.66. The molecule has 21 nitrogen and oxygen atoms in total. The topological polar surface area (TPSA) is 286 Å². The Morgan fingerprint density at radius 3 is 1.20 bits per heavy atom. The quantitative estimate of drug-likeness (QED) is 0.0149. The Morgan fingerprint density at radius 2 is 0.862 bits per heavy atom. The summed E-state index contributed by atoms with van der Waals surface area (Å²) in [5, 5.41) is 58.6. The van der Waals surface area contributed by atoms with Crippen LogP contribution in [-0.2, 0) is 33.6 Å². The van der Waals surface area contributed by atoms with E-state index >= 15 is 0 Å². The van der Waals surface area contributed by atoms with Crippen molar-refractivity contribution in [1.29, 1.82) is 0 Å². The molecule has 0 radical (unpaired) electrons. The van der Waals surface area contributed by atoms with Crippen molar-refractivity contribution in [2.24, 2.45) is 4.99 Å². The number of hydrogen-bond acceptors (Lipinski definition) is 15. The van der Waals surface area contributed by atoms with Crippen molar-refractivity contribution in [2.45, 2.75) is 122 Å². The number of nitrogens with zero attached hydrogens (tertiary/aromatic N) is 5. The monoisotopic (exact) mass is 934 g/mol. The number of carbonyl (C=O) groups excluding carboxylic acids is 7. The van der Waals surface area contributed by atoms with Gasteiger partial charge in [-0.05, 0) is 114 Å². The van der Waals surface area contributed by atoms with Crippen LogP contribution in [0.15, 0.2) is 41.7 Å². The molecule has 22 heteroatoms. The van der Waals surface area contributed by atoms with Crippen LogP contribution in [0, 0.1) is 0 Å². The first-order valence-electron chi connectivity index (χ1n) is 22.2. The van der Waals surface area contributed by atoms with Crippen molar-refractivity contribution in [3.05, 3.63) is 36.7 Å². The van der Waals surface area contributed by atoms with Gasteiger partial charge in [-0.2, -0.15) is 4.99 Å². The number of isothiocyanates is 1. The zero-order chi connectivity index (χ0) is 48.2. The normalized spacial score (nSPS) is 10.5. The number of aliphatic imine (C=N–C) groups is 1. The second kappa shape index (κ2) is 35.8. The maximum absolute atomic E-state index is 12.2. The molecule has 0 heterocycles. The van der Waals surface area contributed by atoms with Crippen LogP contribution in [0.1, 0.15) is 122 Å². The first-order valence-corrected chi connectivity index (χ1v) is 22.7. The van der Waals surface area contributed by atoms with Crippen LogP contribution in [0.3, 0.4) is 0 Å². The zero-order valence-electron chi connectivity index (χ0n) is 37.7. The Labute approximate surface area is 386 Å². The Hall–Kier alpha value is -5.51. The van der Waals surface area contributed by atoms with E-state index in [4.69, 9.17) is 0 Å². The highest BCUT2D eigenvalue weighted by molar-refractivity contribution is 7.78. The average Bonchev–Trinajstić information content (AvgIpc) is 3.28. The van der Waals surface area contributed by atoms with Gasteiger partial charge in [-0.1, -0.05) is 6.58 Å². The molecule has 65 heavy (non-hydrogen) atoms. The van der Waals surface area contributed by atoms with Crippen LogP contribution < -0.4 is 26.6 Å². The van der Waals surface area contributed by atoms with Gasteiger partial charge in [0.2, 0.25) is 41.4 Å². The molecule has 1 aromatic carbocycles. The summed E-state index contributed by atoms with van der Waals surface area (Å²) in [6, 6.07) is 7.30. The summed E-state index contributed by atoms with van der Waals surface area (Å²) in [4.78, 5) is 87.7. The number of anilines is 1. The molecule has 0 aliphatic rings. The number of nitrogens with one attached hydrogen (secondary N) is 5. The van der Waals surface area contributed by atoms with Crippen molar-refractivity contribution in [2.75, 3.05) is 57.7 Å². The minimum atomic E-state index is -0.594. The van der Waals surface area contributed by atoms with E-state index in [1.54, 1.807) is 12.1 Å². The molecule has 364 valence electrons. The lowest BCUT2D eigenvalue weighted by Crippen LogP contribution is -2.32. The zero-order valence-corrected chi connectivity index (χ0v) is 38.5. The summed E-state index contributed by atoms with van der Waals surface area (Å²) in [5.41, 5.74) is 1.55. The molecule has 0 spiro atoms. The molecule has 0 fully saturated rings. The van der Waals surface area contributed by atoms with E-state index in [1.165, 1.54) is 6.92 Å². The number of thiocarbonyl (C=S) groups is 1. The predicted octanol–water partition coefficient (Wildman–Crippen LogP) is 4.16.